The molecule has 1 fully saturated rings. The van der Waals surface area contributed by atoms with E-state index in [0.29, 0.717) is 13.2 Å². The molecule has 1 rings (SSSR count). The smallest absolute Gasteiger partial charge is 0.321 e. The molecule has 0 spiro atoms. The second kappa shape index (κ2) is 4.95. The number of esters is 1. The molecule has 1 aliphatic heterocycles. The van der Waals surface area contributed by atoms with Crippen molar-refractivity contribution in [2.45, 2.75) is 25.8 Å². The van der Waals surface area contributed by atoms with E-state index in [-0.39, 0.29) is 0 Å². The fourth-order valence-electron chi connectivity index (χ4n) is 1.26. The lowest BCUT2D eigenvalue weighted by molar-refractivity contribution is -0.159. The molecule has 0 aromatic heterocycles. The first-order chi connectivity index (χ1) is 6.66. The van der Waals surface area contributed by atoms with Gasteiger partial charge in [0, 0.05) is 6.54 Å². The molecule has 2 unspecified atom stereocenters. The van der Waals surface area contributed by atoms with Gasteiger partial charge in [0.25, 0.3) is 0 Å². The number of ether oxygens (including phenoxy) is 1. The summed E-state index contributed by atoms with van der Waals surface area (Å²) in [5, 5.41) is 11.3. The molecule has 2 N–H and O–H groups in total. The van der Waals surface area contributed by atoms with Gasteiger partial charge in [-0.1, -0.05) is 13.3 Å². The predicted molar refractivity (Wildman–Crippen MR) is 48.8 cm³/mol. The molecule has 5 heteroatoms. The van der Waals surface area contributed by atoms with Gasteiger partial charge in [-0.05, 0) is 6.42 Å². The number of carboxylic acids is 1. The normalized spacial score (nSPS) is 25.2. The summed E-state index contributed by atoms with van der Waals surface area (Å²) in [6.45, 7) is 2.79. The molecule has 0 radical (unpaired) electrons. The second-order valence-corrected chi connectivity index (χ2v) is 3.35. The van der Waals surface area contributed by atoms with E-state index in [2.05, 4.69) is 5.32 Å². The fourth-order valence-corrected chi connectivity index (χ4v) is 1.26. The number of hydrogen-bond donors (Lipinski definition) is 2. The van der Waals surface area contributed by atoms with E-state index in [9.17, 15) is 9.59 Å². The first-order valence-electron chi connectivity index (χ1n) is 4.79. The summed E-state index contributed by atoms with van der Waals surface area (Å²) in [6, 6.07) is -0.760. The monoisotopic (exact) mass is 201 g/mol. The van der Waals surface area contributed by atoms with Gasteiger partial charge in [-0.2, -0.15) is 0 Å². The van der Waals surface area contributed by atoms with Crippen molar-refractivity contribution in [3.63, 3.8) is 0 Å². The van der Waals surface area contributed by atoms with Crippen molar-refractivity contribution in [1.29, 1.82) is 0 Å². The Bertz CT molecular complexity index is 229. The Hall–Kier alpha value is -1.10. The lowest BCUT2D eigenvalue weighted by Crippen LogP contribution is -2.60. The standard InChI is InChI=1S/C9H15NO4/c1-2-3-4-14-9(13)6-5-10-7(6)8(11)12/h6-7,10H,2-5H2,1H3,(H,11,12). The van der Waals surface area contributed by atoms with Crippen LogP contribution in [0.15, 0.2) is 0 Å². The zero-order chi connectivity index (χ0) is 10.6. The molecule has 0 saturated carbocycles. The predicted octanol–water partition coefficient (Wildman–Crippen LogP) is 0.00230. The third-order valence-electron chi connectivity index (χ3n) is 2.27. The quantitative estimate of drug-likeness (QED) is 0.484. The molecule has 5 nitrogen and oxygen atoms in total. The Balaban J connectivity index is 2.27. The average molecular weight is 201 g/mol. The maximum Gasteiger partial charge on any atom is 0.321 e. The summed E-state index contributed by atoms with van der Waals surface area (Å²) in [7, 11) is 0. The van der Waals surface area contributed by atoms with Crippen LogP contribution in [0.2, 0.25) is 0 Å². The lowest BCUT2D eigenvalue weighted by Gasteiger charge is -2.32. The van der Waals surface area contributed by atoms with Crippen LogP contribution >= 0.6 is 0 Å². The molecular formula is C9H15NO4. The van der Waals surface area contributed by atoms with Crippen molar-refractivity contribution in [2.24, 2.45) is 5.92 Å². The first kappa shape index (κ1) is 11.0. The summed E-state index contributed by atoms with van der Waals surface area (Å²) >= 11 is 0. The number of carboxylic acid groups (broad SMARTS) is 1. The topological polar surface area (TPSA) is 75.6 Å². The van der Waals surface area contributed by atoms with E-state index < -0.39 is 23.9 Å². The van der Waals surface area contributed by atoms with E-state index in [4.69, 9.17) is 9.84 Å². The number of aliphatic carboxylic acids is 1. The van der Waals surface area contributed by atoms with E-state index in [1.807, 2.05) is 6.92 Å². The zero-order valence-electron chi connectivity index (χ0n) is 8.16. The van der Waals surface area contributed by atoms with Crippen molar-refractivity contribution >= 4 is 11.9 Å². The Morgan fingerprint density at radius 3 is 2.71 bits per heavy atom. The van der Waals surface area contributed by atoms with Gasteiger partial charge in [0.1, 0.15) is 6.04 Å². The highest BCUT2D eigenvalue weighted by Crippen LogP contribution is 2.15. The summed E-state index contributed by atoms with van der Waals surface area (Å²) in [4.78, 5) is 21.8. The molecule has 0 bridgehead atoms. The van der Waals surface area contributed by atoms with Gasteiger partial charge < -0.3 is 15.2 Å². The van der Waals surface area contributed by atoms with Crippen LogP contribution in [0.25, 0.3) is 0 Å². The Labute approximate surface area is 82.4 Å². The maximum atomic E-state index is 11.3. The third-order valence-corrected chi connectivity index (χ3v) is 2.27. The molecule has 0 amide bonds. The van der Waals surface area contributed by atoms with Crippen LogP contribution in [-0.4, -0.2) is 36.2 Å². The number of carbonyl (C=O) groups excluding carboxylic acids is 1. The molecule has 2 atom stereocenters. The average Bonchev–Trinajstić information content (AvgIpc) is 2.01. The van der Waals surface area contributed by atoms with Gasteiger partial charge in [-0.15, -0.1) is 0 Å². The van der Waals surface area contributed by atoms with Gasteiger partial charge in [0.15, 0.2) is 0 Å². The minimum absolute atomic E-state index is 0.387. The van der Waals surface area contributed by atoms with Crippen LogP contribution in [0.4, 0.5) is 0 Å². The second-order valence-electron chi connectivity index (χ2n) is 3.35. The molecular weight excluding hydrogens is 186 g/mol. The van der Waals surface area contributed by atoms with Gasteiger partial charge in [0.2, 0.25) is 0 Å². The molecule has 14 heavy (non-hydrogen) atoms. The van der Waals surface area contributed by atoms with Crippen molar-refractivity contribution in [3.8, 4) is 0 Å². The van der Waals surface area contributed by atoms with E-state index in [0.717, 1.165) is 12.8 Å². The van der Waals surface area contributed by atoms with E-state index in [1.165, 1.54) is 0 Å². The highest BCUT2D eigenvalue weighted by Gasteiger charge is 2.42. The highest BCUT2D eigenvalue weighted by atomic mass is 16.5. The van der Waals surface area contributed by atoms with E-state index in [1.54, 1.807) is 0 Å². The third kappa shape index (κ3) is 2.45. The minimum Gasteiger partial charge on any atom is -0.480 e. The first-order valence-corrected chi connectivity index (χ1v) is 4.79. The summed E-state index contributed by atoms with van der Waals surface area (Å²) in [5.74, 6) is -1.90. The van der Waals surface area contributed by atoms with Crippen LogP contribution in [0.5, 0.6) is 0 Å². The Kier molecular flexibility index (Phi) is 3.88. The molecule has 0 aromatic carbocycles. The van der Waals surface area contributed by atoms with Crippen molar-refractivity contribution < 1.29 is 19.4 Å². The van der Waals surface area contributed by atoms with Gasteiger partial charge in [0.05, 0.1) is 12.5 Å². The largest absolute Gasteiger partial charge is 0.480 e. The molecule has 1 saturated heterocycles. The van der Waals surface area contributed by atoms with Crippen molar-refractivity contribution in [1.82, 2.24) is 5.32 Å². The van der Waals surface area contributed by atoms with E-state index >= 15 is 0 Å². The van der Waals surface area contributed by atoms with Crippen LogP contribution < -0.4 is 5.32 Å². The summed E-state index contributed by atoms with van der Waals surface area (Å²) in [5.41, 5.74) is 0. The maximum absolute atomic E-state index is 11.3. The molecule has 80 valence electrons. The van der Waals surface area contributed by atoms with Crippen LogP contribution in [-0.2, 0) is 14.3 Å². The number of hydrogen-bond acceptors (Lipinski definition) is 4. The number of carbonyl (C=O) groups is 2. The summed E-state index contributed by atoms with van der Waals surface area (Å²) in [6.07, 6.45) is 1.78. The molecule has 1 heterocycles. The van der Waals surface area contributed by atoms with Crippen LogP contribution in [0, 0.1) is 5.92 Å². The van der Waals surface area contributed by atoms with Crippen molar-refractivity contribution in [2.75, 3.05) is 13.2 Å². The fraction of sp³-hybridized carbons (Fsp3) is 0.778. The molecule has 0 aliphatic carbocycles. The lowest BCUT2D eigenvalue weighted by atomic mass is 9.92. The Morgan fingerprint density at radius 1 is 1.57 bits per heavy atom. The minimum atomic E-state index is -0.992. The van der Waals surface area contributed by atoms with Gasteiger partial charge in [-0.3, -0.25) is 9.59 Å². The van der Waals surface area contributed by atoms with Crippen LogP contribution in [0.1, 0.15) is 19.8 Å². The molecule has 1 aliphatic rings. The zero-order valence-corrected chi connectivity index (χ0v) is 8.16. The number of unbranched alkanes of at least 4 members (excludes halogenated alkanes) is 1. The molecule has 0 aromatic rings. The van der Waals surface area contributed by atoms with Crippen molar-refractivity contribution in [3.05, 3.63) is 0 Å². The van der Waals surface area contributed by atoms with Crippen LogP contribution in [0.3, 0.4) is 0 Å². The highest BCUT2D eigenvalue weighted by molar-refractivity contribution is 5.85. The SMILES string of the molecule is CCCCOC(=O)C1CNC1C(=O)O. The van der Waals surface area contributed by atoms with Gasteiger partial charge >= 0.3 is 11.9 Å². The summed E-state index contributed by atoms with van der Waals surface area (Å²) < 4.78 is 4.92. The number of rotatable bonds is 5. The Morgan fingerprint density at radius 2 is 2.29 bits per heavy atom. The number of nitrogens with one attached hydrogen (secondary N) is 1. The van der Waals surface area contributed by atoms with Gasteiger partial charge in [-0.25, -0.2) is 0 Å².